The normalized spacial score (nSPS) is 12.9. The number of esters is 3. The second-order valence-electron chi connectivity index (χ2n) is 21.9. The van der Waals surface area contributed by atoms with Crippen molar-refractivity contribution in [1.29, 1.82) is 0 Å². The number of hydrogen-bond donors (Lipinski definition) is 0. The van der Waals surface area contributed by atoms with Gasteiger partial charge in [-0.25, -0.2) is 0 Å². The minimum Gasteiger partial charge on any atom is -0.462 e. The number of carbonyl (C=O) groups is 3. The van der Waals surface area contributed by atoms with Crippen LogP contribution in [0.3, 0.4) is 0 Å². The van der Waals surface area contributed by atoms with E-state index in [9.17, 15) is 14.4 Å². The number of rotatable bonds is 54. The third-order valence-electron chi connectivity index (χ3n) is 14.6. The summed E-state index contributed by atoms with van der Waals surface area (Å²) >= 11 is 0. The molecule has 0 amide bonds. The molecule has 0 aromatic rings. The third-order valence-corrected chi connectivity index (χ3v) is 14.6. The summed E-state index contributed by atoms with van der Waals surface area (Å²) in [5, 5.41) is 0. The lowest BCUT2D eigenvalue weighted by Crippen LogP contribution is -2.30. The van der Waals surface area contributed by atoms with Crippen LogP contribution in [0.2, 0.25) is 0 Å². The van der Waals surface area contributed by atoms with Crippen molar-refractivity contribution in [2.24, 2.45) is 17.8 Å². The van der Waals surface area contributed by atoms with Gasteiger partial charge in [-0.15, -0.1) is 0 Å². The van der Waals surface area contributed by atoms with Crippen molar-refractivity contribution < 1.29 is 28.6 Å². The zero-order valence-corrected chi connectivity index (χ0v) is 46.2. The summed E-state index contributed by atoms with van der Waals surface area (Å²) < 4.78 is 16.9. The number of unbranched alkanes of at least 4 members (excludes halogenated alkanes) is 35. The van der Waals surface area contributed by atoms with Gasteiger partial charge >= 0.3 is 17.9 Å². The largest absolute Gasteiger partial charge is 0.462 e. The van der Waals surface area contributed by atoms with Gasteiger partial charge in [-0.05, 0) is 37.0 Å². The Kier molecular flexibility index (Phi) is 51.0. The highest BCUT2D eigenvalue weighted by Crippen LogP contribution is 2.19. The molecule has 6 nitrogen and oxygen atoms in total. The van der Waals surface area contributed by atoms with E-state index >= 15 is 0 Å². The molecule has 6 heteroatoms. The van der Waals surface area contributed by atoms with Crippen LogP contribution in [-0.2, 0) is 28.6 Å². The highest BCUT2D eigenvalue weighted by atomic mass is 16.6. The Hall–Kier alpha value is -1.59. The lowest BCUT2D eigenvalue weighted by atomic mass is 9.99. The zero-order chi connectivity index (χ0) is 49.1. The maximum absolute atomic E-state index is 12.9. The van der Waals surface area contributed by atoms with Crippen molar-refractivity contribution in [3.05, 3.63) is 0 Å². The van der Waals surface area contributed by atoms with E-state index in [0.29, 0.717) is 19.3 Å². The van der Waals surface area contributed by atoms with Gasteiger partial charge in [0.15, 0.2) is 6.10 Å². The second-order valence-corrected chi connectivity index (χ2v) is 21.9. The van der Waals surface area contributed by atoms with E-state index in [2.05, 4.69) is 41.5 Å². The van der Waals surface area contributed by atoms with Crippen LogP contribution in [0.5, 0.6) is 0 Å². The van der Waals surface area contributed by atoms with E-state index in [1.807, 2.05) is 0 Å². The molecule has 0 saturated carbocycles. The third kappa shape index (κ3) is 52.1. The van der Waals surface area contributed by atoms with E-state index < -0.39 is 6.10 Å². The molecule has 2 unspecified atom stereocenters. The van der Waals surface area contributed by atoms with Gasteiger partial charge < -0.3 is 14.2 Å². The fourth-order valence-corrected chi connectivity index (χ4v) is 9.29. The average molecular weight is 948 g/mol. The van der Waals surface area contributed by atoms with Crippen LogP contribution < -0.4 is 0 Å². The van der Waals surface area contributed by atoms with E-state index in [1.165, 1.54) is 218 Å². The van der Waals surface area contributed by atoms with Gasteiger partial charge in [0.25, 0.3) is 0 Å². The molecule has 0 radical (unpaired) electrons. The molecule has 0 fully saturated rings. The molecule has 0 N–H and O–H groups in total. The fraction of sp³-hybridized carbons (Fsp3) is 0.951. The molecule has 0 aliphatic heterocycles. The Morgan fingerprint density at radius 3 is 0.776 bits per heavy atom. The summed E-state index contributed by atoms with van der Waals surface area (Å²) in [5.41, 5.74) is 0. The van der Waals surface area contributed by atoms with Gasteiger partial charge in [0, 0.05) is 19.3 Å². The Labute approximate surface area is 418 Å². The molecule has 0 aromatic carbocycles. The molecule has 0 heterocycles. The lowest BCUT2D eigenvalue weighted by molar-refractivity contribution is -0.167. The van der Waals surface area contributed by atoms with Crippen molar-refractivity contribution >= 4 is 17.9 Å². The highest BCUT2D eigenvalue weighted by molar-refractivity contribution is 5.71. The molecule has 0 rings (SSSR count). The van der Waals surface area contributed by atoms with Crippen LogP contribution in [0.15, 0.2) is 0 Å². The summed E-state index contributed by atoms with van der Waals surface area (Å²) in [6.07, 6.45) is 55.3. The van der Waals surface area contributed by atoms with E-state index in [1.54, 1.807) is 0 Å². The lowest BCUT2D eigenvalue weighted by Gasteiger charge is -2.18. The molecular weight excluding hydrogens is 829 g/mol. The molecule has 67 heavy (non-hydrogen) atoms. The summed E-state index contributed by atoms with van der Waals surface area (Å²) in [6, 6.07) is 0. The first-order chi connectivity index (χ1) is 32.7. The molecular formula is C61H118O6. The van der Waals surface area contributed by atoms with Crippen LogP contribution in [0.25, 0.3) is 0 Å². The summed E-state index contributed by atoms with van der Waals surface area (Å²) in [6.45, 7) is 13.8. The van der Waals surface area contributed by atoms with Crippen LogP contribution >= 0.6 is 0 Å². The first-order valence-electron chi connectivity index (χ1n) is 30.2. The van der Waals surface area contributed by atoms with Gasteiger partial charge in [0.05, 0.1) is 0 Å². The second kappa shape index (κ2) is 52.2. The SMILES string of the molecule is CCC(C)CCCCCCCCCCCCCCCCCCCCC(=O)OC[C@@H](COC(=O)CCCCCCCCC(C)CC)OC(=O)CCCCCCCCCCCCCCCCC(C)C. The van der Waals surface area contributed by atoms with E-state index in [-0.39, 0.29) is 31.1 Å². The smallest absolute Gasteiger partial charge is 0.306 e. The zero-order valence-electron chi connectivity index (χ0n) is 46.2. The topological polar surface area (TPSA) is 78.9 Å². The molecule has 3 atom stereocenters. The van der Waals surface area contributed by atoms with Crippen molar-refractivity contribution in [3.8, 4) is 0 Å². The van der Waals surface area contributed by atoms with Gasteiger partial charge in [0.1, 0.15) is 13.2 Å². The summed E-state index contributed by atoms with van der Waals surface area (Å²) in [5.74, 6) is 1.72. The highest BCUT2D eigenvalue weighted by Gasteiger charge is 2.19. The predicted molar refractivity (Wildman–Crippen MR) is 289 cm³/mol. The number of carbonyl (C=O) groups excluding carboxylic acids is 3. The molecule has 0 aromatic heterocycles. The van der Waals surface area contributed by atoms with Crippen molar-refractivity contribution in [3.63, 3.8) is 0 Å². The Bertz CT molecular complexity index is 1040. The average Bonchev–Trinajstić information content (AvgIpc) is 3.31. The summed E-state index contributed by atoms with van der Waals surface area (Å²) in [7, 11) is 0. The number of ether oxygens (including phenoxy) is 3. The van der Waals surface area contributed by atoms with Crippen molar-refractivity contribution in [2.45, 2.75) is 343 Å². The Balaban J connectivity index is 4.21. The van der Waals surface area contributed by atoms with Crippen LogP contribution in [0.1, 0.15) is 337 Å². The maximum atomic E-state index is 12.9. The van der Waals surface area contributed by atoms with E-state index in [0.717, 1.165) is 75.5 Å². The van der Waals surface area contributed by atoms with Gasteiger partial charge in [0.2, 0.25) is 0 Å². The van der Waals surface area contributed by atoms with E-state index in [4.69, 9.17) is 14.2 Å². The Morgan fingerprint density at radius 1 is 0.299 bits per heavy atom. The van der Waals surface area contributed by atoms with Crippen LogP contribution in [0, 0.1) is 17.8 Å². The minimum absolute atomic E-state index is 0.0639. The van der Waals surface area contributed by atoms with Crippen LogP contribution in [0.4, 0.5) is 0 Å². The molecule has 0 spiro atoms. The van der Waals surface area contributed by atoms with Gasteiger partial charge in [-0.2, -0.15) is 0 Å². The van der Waals surface area contributed by atoms with Crippen molar-refractivity contribution in [2.75, 3.05) is 13.2 Å². The van der Waals surface area contributed by atoms with Gasteiger partial charge in [-0.1, -0.05) is 298 Å². The van der Waals surface area contributed by atoms with Crippen molar-refractivity contribution in [1.82, 2.24) is 0 Å². The quantitative estimate of drug-likeness (QED) is 0.0343. The first-order valence-corrected chi connectivity index (χ1v) is 30.2. The number of hydrogen-bond acceptors (Lipinski definition) is 6. The minimum atomic E-state index is -0.764. The molecule has 0 bridgehead atoms. The molecule has 0 aliphatic rings. The Morgan fingerprint density at radius 2 is 0.522 bits per heavy atom. The fourth-order valence-electron chi connectivity index (χ4n) is 9.29. The monoisotopic (exact) mass is 947 g/mol. The summed E-state index contributed by atoms with van der Waals surface area (Å²) in [4.78, 5) is 38.1. The molecule has 398 valence electrons. The van der Waals surface area contributed by atoms with Crippen LogP contribution in [-0.4, -0.2) is 37.2 Å². The first kappa shape index (κ1) is 65.4. The molecule has 0 aliphatic carbocycles. The van der Waals surface area contributed by atoms with Gasteiger partial charge in [-0.3, -0.25) is 14.4 Å². The standard InChI is InChI=1S/C61H118O6/c1-7-56(5)48-42-36-30-26-22-18-13-11-9-10-12-14-19-23-27-31-38-44-50-59(62)65-53-58(54-66-60(63)51-45-39-34-33-37-43-49-57(6)8-2)67-61(64)52-46-40-32-28-24-20-16-15-17-21-25-29-35-41-47-55(3)4/h55-58H,7-54H2,1-6H3/t56?,57?,58-/m0/s1. The predicted octanol–water partition coefficient (Wildman–Crippen LogP) is 19.9. The maximum Gasteiger partial charge on any atom is 0.306 e. The molecule has 0 saturated heterocycles.